The Bertz CT molecular complexity index is 547. The molecule has 0 aliphatic carbocycles. The summed E-state index contributed by atoms with van der Waals surface area (Å²) in [5.41, 5.74) is -0.230. The van der Waals surface area contributed by atoms with E-state index in [1.165, 1.54) is 5.06 Å². The molecule has 4 heteroatoms. The summed E-state index contributed by atoms with van der Waals surface area (Å²) in [4.78, 5) is 12.4. The minimum atomic E-state index is -0.412. The van der Waals surface area contributed by atoms with Crippen LogP contribution >= 0.6 is 0 Å². The van der Waals surface area contributed by atoms with E-state index >= 15 is 0 Å². The van der Waals surface area contributed by atoms with Crippen molar-refractivity contribution < 1.29 is 14.7 Å². The van der Waals surface area contributed by atoms with Gasteiger partial charge in [-0.3, -0.25) is 0 Å². The molecule has 0 bridgehead atoms. The maximum Gasteiger partial charge on any atom is 0.338 e. The van der Waals surface area contributed by atoms with Crippen LogP contribution < -0.4 is 0 Å². The highest BCUT2D eigenvalue weighted by molar-refractivity contribution is 5.89. The Kier molecular flexibility index (Phi) is 5.17. The Morgan fingerprint density at radius 3 is 2.39 bits per heavy atom. The lowest BCUT2D eigenvalue weighted by Gasteiger charge is -2.56. The SMILES string of the molecule is CCC1(C)CC(OC(=O)c2ccccc2)C(C)C(C)(CC)N1O. The molecule has 2 rings (SSSR count). The Hall–Kier alpha value is -1.39. The highest BCUT2D eigenvalue weighted by atomic mass is 16.5. The van der Waals surface area contributed by atoms with Gasteiger partial charge in [0.1, 0.15) is 6.10 Å². The maximum absolute atomic E-state index is 12.4. The summed E-state index contributed by atoms with van der Waals surface area (Å²) >= 11 is 0. The van der Waals surface area contributed by atoms with Crippen LogP contribution in [-0.2, 0) is 4.74 Å². The molecule has 23 heavy (non-hydrogen) atoms. The van der Waals surface area contributed by atoms with Gasteiger partial charge in [-0.15, -0.1) is 0 Å². The number of hydroxylamine groups is 2. The largest absolute Gasteiger partial charge is 0.458 e. The minimum absolute atomic E-state index is 0.0461. The first-order valence-electron chi connectivity index (χ1n) is 8.53. The van der Waals surface area contributed by atoms with Gasteiger partial charge in [-0.1, -0.05) is 39.0 Å². The molecule has 1 aliphatic rings. The summed E-state index contributed by atoms with van der Waals surface area (Å²) in [6, 6.07) is 9.09. The first kappa shape index (κ1) is 18.0. The molecule has 0 aromatic heterocycles. The topological polar surface area (TPSA) is 49.8 Å². The van der Waals surface area contributed by atoms with Gasteiger partial charge in [0.25, 0.3) is 0 Å². The van der Waals surface area contributed by atoms with Crippen LogP contribution in [0, 0.1) is 5.92 Å². The number of nitrogens with zero attached hydrogens (tertiary/aromatic N) is 1. The molecule has 1 saturated heterocycles. The fourth-order valence-corrected chi connectivity index (χ4v) is 3.60. The average molecular weight is 319 g/mol. The van der Waals surface area contributed by atoms with Gasteiger partial charge in [-0.25, -0.2) is 4.79 Å². The lowest BCUT2D eigenvalue weighted by atomic mass is 9.69. The lowest BCUT2D eigenvalue weighted by Crippen LogP contribution is -2.67. The standard InChI is InChI=1S/C19H29NO3/c1-6-18(4)13-16(14(3)19(5,7-2)20(18)22)23-17(21)15-11-9-8-10-12-15/h8-12,14,16,22H,6-7,13H2,1-5H3. The normalized spacial score (nSPS) is 35.0. The first-order chi connectivity index (χ1) is 10.8. The van der Waals surface area contributed by atoms with Gasteiger partial charge in [0.2, 0.25) is 0 Å². The molecule has 1 aromatic rings. The van der Waals surface area contributed by atoms with Crippen molar-refractivity contribution in [1.82, 2.24) is 5.06 Å². The van der Waals surface area contributed by atoms with Gasteiger partial charge >= 0.3 is 5.97 Å². The lowest BCUT2D eigenvalue weighted by molar-refractivity contribution is -0.286. The number of ether oxygens (including phenoxy) is 1. The zero-order chi connectivity index (χ0) is 17.3. The van der Waals surface area contributed by atoms with E-state index in [-0.39, 0.29) is 23.5 Å². The van der Waals surface area contributed by atoms with Crippen LogP contribution in [0.1, 0.15) is 64.2 Å². The number of carbonyl (C=O) groups excluding carboxylic acids is 1. The molecule has 4 unspecified atom stereocenters. The highest BCUT2D eigenvalue weighted by Gasteiger charge is 2.53. The molecule has 1 N–H and O–H groups in total. The van der Waals surface area contributed by atoms with Crippen LogP contribution in [0.15, 0.2) is 30.3 Å². The minimum Gasteiger partial charge on any atom is -0.458 e. The van der Waals surface area contributed by atoms with Gasteiger partial charge in [-0.2, -0.15) is 5.06 Å². The van der Waals surface area contributed by atoms with Crippen molar-refractivity contribution in [3.05, 3.63) is 35.9 Å². The molecule has 1 aliphatic heterocycles. The third-order valence-electron chi connectivity index (χ3n) is 5.92. The van der Waals surface area contributed by atoms with Crippen LogP contribution in [-0.4, -0.2) is 33.4 Å². The smallest absolute Gasteiger partial charge is 0.338 e. The molecule has 1 heterocycles. The Balaban J connectivity index is 2.25. The van der Waals surface area contributed by atoms with E-state index in [9.17, 15) is 10.0 Å². The molecule has 0 spiro atoms. The number of hydrogen-bond donors (Lipinski definition) is 1. The van der Waals surface area contributed by atoms with Crippen molar-refractivity contribution in [3.63, 3.8) is 0 Å². The second-order valence-electron chi connectivity index (χ2n) is 7.18. The molecule has 4 atom stereocenters. The fraction of sp³-hybridized carbons (Fsp3) is 0.632. The van der Waals surface area contributed by atoms with E-state index < -0.39 is 5.54 Å². The fourth-order valence-electron chi connectivity index (χ4n) is 3.60. The number of esters is 1. The molecule has 1 aromatic carbocycles. The van der Waals surface area contributed by atoms with Gasteiger partial charge in [0.05, 0.1) is 5.56 Å². The third kappa shape index (κ3) is 3.15. The van der Waals surface area contributed by atoms with E-state index in [4.69, 9.17) is 4.74 Å². The van der Waals surface area contributed by atoms with Crippen molar-refractivity contribution in [2.24, 2.45) is 5.92 Å². The van der Waals surface area contributed by atoms with Crippen LogP contribution in [0.5, 0.6) is 0 Å². The monoisotopic (exact) mass is 319 g/mol. The first-order valence-corrected chi connectivity index (χ1v) is 8.53. The van der Waals surface area contributed by atoms with Gasteiger partial charge in [-0.05, 0) is 38.8 Å². The summed E-state index contributed by atoms with van der Waals surface area (Å²) < 4.78 is 5.86. The summed E-state index contributed by atoms with van der Waals surface area (Å²) in [7, 11) is 0. The second-order valence-corrected chi connectivity index (χ2v) is 7.18. The number of rotatable bonds is 4. The zero-order valence-corrected chi connectivity index (χ0v) is 14.9. The van der Waals surface area contributed by atoms with Crippen molar-refractivity contribution >= 4 is 5.97 Å². The van der Waals surface area contributed by atoms with E-state index in [1.54, 1.807) is 12.1 Å². The van der Waals surface area contributed by atoms with E-state index in [0.717, 1.165) is 12.8 Å². The van der Waals surface area contributed by atoms with Gasteiger partial charge < -0.3 is 9.94 Å². The molecule has 4 nitrogen and oxygen atoms in total. The molecular weight excluding hydrogens is 290 g/mol. The summed E-state index contributed by atoms with van der Waals surface area (Å²) in [6.45, 7) is 10.3. The quantitative estimate of drug-likeness (QED) is 0.842. The summed E-state index contributed by atoms with van der Waals surface area (Å²) in [6.07, 6.45) is 2.01. The van der Waals surface area contributed by atoms with Crippen molar-refractivity contribution in [3.8, 4) is 0 Å². The Morgan fingerprint density at radius 2 is 1.87 bits per heavy atom. The third-order valence-corrected chi connectivity index (χ3v) is 5.92. The number of benzene rings is 1. The van der Waals surface area contributed by atoms with Crippen molar-refractivity contribution in [2.75, 3.05) is 0 Å². The summed E-state index contributed by atoms with van der Waals surface area (Å²) in [5.74, 6) is -0.240. The van der Waals surface area contributed by atoms with E-state index in [1.807, 2.05) is 32.0 Å². The van der Waals surface area contributed by atoms with E-state index in [0.29, 0.717) is 12.0 Å². The Morgan fingerprint density at radius 1 is 1.26 bits per heavy atom. The average Bonchev–Trinajstić information content (AvgIpc) is 2.58. The molecule has 0 saturated carbocycles. The summed E-state index contributed by atoms with van der Waals surface area (Å²) in [5, 5.41) is 12.3. The predicted octanol–water partition coefficient (Wildman–Crippen LogP) is 4.28. The van der Waals surface area contributed by atoms with Gasteiger partial charge in [0, 0.05) is 23.4 Å². The Labute approximate surface area is 139 Å². The van der Waals surface area contributed by atoms with Crippen molar-refractivity contribution in [2.45, 2.75) is 71.1 Å². The van der Waals surface area contributed by atoms with E-state index in [2.05, 4.69) is 20.8 Å². The van der Waals surface area contributed by atoms with Crippen molar-refractivity contribution in [1.29, 1.82) is 0 Å². The molecule has 1 fully saturated rings. The second kappa shape index (κ2) is 6.62. The predicted molar refractivity (Wildman–Crippen MR) is 90.4 cm³/mol. The molecular formula is C19H29NO3. The van der Waals surface area contributed by atoms with Crippen LogP contribution in [0.4, 0.5) is 0 Å². The molecule has 128 valence electrons. The zero-order valence-electron chi connectivity index (χ0n) is 14.9. The van der Waals surface area contributed by atoms with Crippen LogP contribution in [0.2, 0.25) is 0 Å². The van der Waals surface area contributed by atoms with Crippen LogP contribution in [0.3, 0.4) is 0 Å². The number of hydrogen-bond acceptors (Lipinski definition) is 4. The highest BCUT2D eigenvalue weighted by Crippen LogP contribution is 2.45. The number of piperidine rings is 1. The van der Waals surface area contributed by atoms with Gasteiger partial charge in [0.15, 0.2) is 0 Å². The maximum atomic E-state index is 12.4. The number of carbonyl (C=O) groups is 1. The van der Waals surface area contributed by atoms with Crippen LogP contribution in [0.25, 0.3) is 0 Å². The molecule has 0 radical (unpaired) electrons. The molecule has 0 amide bonds.